The van der Waals surface area contributed by atoms with E-state index in [0.717, 1.165) is 0 Å². The molecule has 0 aliphatic carbocycles. The lowest BCUT2D eigenvalue weighted by Crippen LogP contribution is -0.649. The second kappa shape index (κ2) is 4.12. The highest BCUT2D eigenvalue weighted by atomic mass is 16.2. The first-order valence-electron chi connectivity index (χ1n) is 0.537. The molecule has 2 nitrogen and oxygen atoms in total. The Balaban J connectivity index is 0. The van der Waals surface area contributed by atoms with Gasteiger partial charge in [-0.3, -0.25) is 0 Å². The summed E-state index contributed by atoms with van der Waals surface area (Å²) in [6.45, 7) is 0. The summed E-state index contributed by atoms with van der Waals surface area (Å²) in [6.07, 6.45) is 8.00. The van der Waals surface area contributed by atoms with E-state index in [1.807, 2.05) is 0 Å². The first kappa shape index (κ1) is 11.0. The average Bonchev–Trinajstić information content (AvgIpc) is 1.50. The smallest absolute Gasteiger partial charge is 0.0850 e. The molecule has 22 valence electrons. The third kappa shape index (κ3) is 0.0421. The van der Waals surface area contributed by atoms with Crippen molar-refractivity contribution in [3.05, 3.63) is 4.91 Å². The fourth-order valence-corrected chi connectivity index (χ4v) is 0. The summed E-state index contributed by atoms with van der Waals surface area (Å²) in [7, 11) is 0. The Morgan fingerprint density at radius 3 is 1.25 bits per heavy atom. The molecule has 0 saturated heterocycles. The van der Waals surface area contributed by atoms with E-state index < -0.39 is 0 Å². The van der Waals surface area contributed by atoms with Crippen molar-refractivity contribution < 1.29 is 0 Å². The number of nitrogens with one attached hydrogen (secondary N) is 1. The number of hydrogen-bond acceptors (Lipinski definition) is 2. The Bertz CT molecular complexity index is 17.2. The lowest BCUT2D eigenvalue weighted by Gasteiger charge is -0.827. The first-order valence-corrected chi connectivity index (χ1v) is 0.537. The summed E-state index contributed by atoms with van der Waals surface area (Å²) >= 11 is 0. The summed E-state index contributed by atoms with van der Waals surface area (Å²) < 4.78 is 0. The molecule has 1 N–H and O–H groups in total. The summed E-state index contributed by atoms with van der Waals surface area (Å²) in [5.74, 6) is 0. The van der Waals surface area contributed by atoms with Gasteiger partial charge in [0.15, 0.2) is 0 Å². The van der Waals surface area contributed by atoms with Crippen molar-refractivity contribution in [2.75, 3.05) is 0 Å². The van der Waals surface area contributed by atoms with E-state index in [4.69, 9.17) is 4.91 Å². The molecule has 0 saturated carbocycles. The summed E-state index contributed by atoms with van der Waals surface area (Å²) in [4.78, 5) is 7.50. The van der Waals surface area contributed by atoms with Gasteiger partial charge in [-0.25, -0.2) is 0 Å². The summed E-state index contributed by atoms with van der Waals surface area (Å²) in [5, 5.41) is 0. The lowest BCUT2D eigenvalue weighted by molar-refractivity contribution is 1.49. The van der Waals surface area contributed by atoms with E-state index in [1.165, 1.54) is 0 Å². The van der Waals surface area contributed by atoms with Crippen LogP contribution in [0.4, 0.5) is 0 Å². The number of hydrogen-bond donors (Lipinski definition) is 1. The average molecular weight is 57.1 g/mol. The molecule has 0 amide bonds. The molecule has 0 fully saturated rings. The van der Waals surface area contributed by atoms with E-state index in [9.17, 15) is 0 Å². The summed E-state index contributed by atoms with van der Waals surface area (Å²) in [5.41, 5.74) is 4.50. The Hall–Kier alpha value is -0.840. The van der Waals surface area contributed by atoms with Gasteiger partial charge in [-0.2, -0.15) is 4.91 Å². The van der Waals surface area contributed by atoms with Gasteiger partial charge >= 0.3 is 0 Å². The van der Waals surface area contributed by atoms with Crippen LogP contribution < -0.4 is 0 Å². The molecular formula is C2H3NO. The van der Waals surface area contributed by atoms with Crippen LogP contribution in [0.1, 0.15) is 0 Å². The topological polar surface area (TPSA) is 40.9 Å². The van der Waals surface area contributed by atoms with Gasteiger partial charge < -0.3 is 0 Å². The molecule has 0 aromatic heterocycles. The van der Waals surface area contributed by atoms with Crippen LogP contribution in [0.25, 0.3) is 0 Å². The normalized spacial score (nSPS) is 1.50. The number of rotatable bonds is 0. The van der Waals surface area contributed by atoms with E-state index in [2.05, 4.69) is 18.4 Å². The zero-order chi connectivity index (χ0) is 4.00. The molecule has 0 unspecified atom stereocenters. The van der Waals surface area contributed by atoms with Crippen LogP contribution in [0, 0.1) is 23.3 Å². The van der Waals surface area contributed by atoms with Crippen LogP contribution >= 0.6 is 0 Å². The first-order chi connectivity index (χ1) is 2.00. The van der Waals surface area contributed by atoms with Crippen molar-refractivity contribution in [1.29, 1.82) is 5.59 Å². The SMILES string of the molecule is C#C.N=O. The number of terminal acetylenes is 1. The molecule has 0 atom stereocenters. The predicted molar refractivity (Wildman–Crippen MR) is 16.0 cm³/mol. The second-order valence-corrected chi connectivity index (χ2v) is 0. The van der Waals surface area contributed by atoms with E-state index >= 15 is 0 Å². The van der Waals surface area contributed by atoms with Gasteiger partial charge in [-0.05, 0) is 0 Å². The fourth-order valence-electron chi connectivity index (χ4n) is 0. The highest BCUT2D eigenvalue weighted by molar-refractivity contribution is 4.47. The molecule has 0 radical (unpaired) electrons. The maximum Gasteiger partial charge on any atom is -0.0850 e. The molecular weight excluding hydrogens is 54.0 g/mol. The lowest BCUT2D eigenvalue weighted by atomic mass is 11.4. The zero-order valence-corrected chi connectivity index (χ0v) is 2.06. The van der Waals surface area contributed by atoms with E-state index in [-0.39, 0.29) is 0 Å². The largest absolute Gasteiger partial charge is 0.154 e. The molecule has 0 bridgehead atoms. The quantitative estimate of drug-likeness (QED) is 0.320. The van der Waals surface area contributed by atoms with E-state index in [0.29, 0.717) is 0 Å². The van der Waals surface area contributed by atoms with Crippen LogP contribution in [-0.4, -0.2) is 0 Å². The Labute approximate surface area is 24.6 Å². The van der Waals surface area contributed by atoms with Crippen molar-refractivity contribution in [3.63, 3.8) is 0 Å². The molecule has 2 heteroatoms. The third-order valence-electron chi connectivity index (χ3n) is 0. The minimum absolute atomic E-state index is 4.00. The molecule has 0 aromatic carbocycles. The standard InChI is InChI=1S/C2H2.HNO/c2*1-2/h1-2H;1H. The van der Waals surface area contributed by atoms with Crippen LogP contribution in [0.2, 0.25) is 0 Å². The monoisotopic (exact) mass is 57.0 g/mol. The van der Waals surface area contributed by atoms with Crippen molar-refractivity contribution in [1.82, 2.24) is 0 Å². The molecule has 0 rings (SSSR count). The van der Waals surface area contributed by atoms with Gasteiger partial charge in [0.2, 0.25) is 0 Å². The van der Waals surface area contributed by atoms with Gasteiger partial charge in [0.25, 0.3) is 0 Å². The van der Waals surface area contributed by atoms with Crippen LogP contribution in [0.3, 0.4) is 0 Å². The fraction of sp³-hybridized carbons (Fsp3) is 0. The highest BCUT2D eigenvalue weighted by Gasteiger charge is 0.588. The molecule has 0 aromatic rings. The summed E-state index contributed by atoms with van der Waals surface area (Å²) in [6, 6.07) is 0. The van der Waals surface area contributed by atoms with Crippen LogP contribution in [0.5, 0.6) is 0 Å². The van der Waals surface area contributed by atoms with Crippen LogP contribution in [-0.2, 0) is 0 Å². The third-order valence-corrected chi connectivity index (χ3v) is 0. The minimum atomic E-state index is 4.00. The molecule has 0 aliphatic heterocycles. The molecule has 4 heavy (non-hydrogen) atoms. The Morgan fingerprint density at radius 1 is 1.25 bits per heavy atom. The molecule has 0 spiro atoms. The molecule has 0 heterocycles. The van der Waals surface area contributed by atoms with Crippen molar-refractivity contribution >= 4 is 0 Å². The van der Waals surface area contributed by atoms with Gasteiger partial charge in [-0.1, -0.05) is 5.59 Å². The second-order valence-electron chi connectivity index (χ2n) is 0. The molecule has 0 aliphatic rings. The Kier molecular flexibility index (Phi) is 11.3. The van der Waals surface area contributed by atoms with Crippen molar-refractivity contribution in [2.24, 2.45) is 0 Å². The zero-order valence-electron chi connectivity index (χ0n) is 2.06. The van der Waals surface area contributed by atoms with Crippen molar-refractivity contribution in [3.8, 4) is 12.8 Å². The predicted octanol–water partition coefficient (Wildman–Crippen LogP) is 0.581. The van der Waals surface area contributed by atoms with Gasteiger partial charge in [0.05, 0.1) is 0 Å². The van der Waals surface area contributed by atoms with Crippen LogP contribution in [0.15, 0.2) is 0 Å². The van der Waals surface area contributed by atoms with Crippen molar-refractivity contribution in [2.45, 2.75) is 0 Å². The maximum absolute atomic E-state index is 7.50. The minimum Gasteiger partial charge on any atom is -0.154 e. The maximum atomic E-state index is 7.50. The highest BCUT2D eigenvalue weighted by Crippen LogP contribution is 0.766. The van der Waals surface area contributed by atoms with Gasteiger partial charge in [0, 0.05) is 0 Å². The van der Waals surface area contributed by atoms with Gasteiger partial charge in [-0.15, -0.1) is 12.8 Å². The van der Waals surface area contributed by atoms with E-state index in [1.54, 1.807) is 0 Å². The number of nitroso groups, excluding NO2 is 1. The Morgan fingerprint density at radius 2 is 1.25 bits per heavy atom. The van der Waals surface area contributed by atoms with Gasteiger partial charge in [0.1, 0.15) is 0 Å².